The van der Waals surface area contributed by atoms with Gasteiger partial charge < -0.3 is 12.4 Å². The quantitative estimate of drug-likeness (QED) is 0.432. The first kappa shape index (κ1) is 16.5. The molecule has 0 radical (unpaired) electrons. The Kier molecular flexibility index (Phi) is 29.4. The van der Waals surface area contributed by atoms with Gasteiger partial charge >= 0.3 is 1.43 Å². The van der Waals surface area contributed by atoms with E-state index >= 15 is 0 Å². The normalized spacial score (nSPS) is 7.33. The Hall–Kier alpha value is 1.01. The Labute approximate surface area is 74.7 Å². The van der Waals surface area contributed by atoms with Crippen molar-refractivity contribution in [2.45, 2.75) is 32.6 Å². The molecule has 3 heteroatoms. The van der Waals surface area contributed by atoms with Crippen molar-refractivity contribution in [3.8, 4) is 0 Å². The van der Waals surface area contributed by atoms with Crippen molar-refractivity contribution in [1.29, 1.82) is 0 Å². The molecule has 60 valence electrons. The average molecular weight is 191 g/mol. The maximum absolute atomic E-state index is 2.75. The average Bonchev–Trinajstić information content (AvgIpc) is 1.69. The SMILES string of the molecule is CCCCCCP.Cl.[Cl-].[H+]. The van der Waals surface area contributed by atoms with Crippen LogP contribution in [0.15, 0.2) is 0 Å². The molecule has 0 aromatic heterocycles. The zero-order valence-electron chi connectivity index (χ0n) is 6.90. The Bertz CT molecular complexity index is 34.9. The second-order valence-electron chi connectivity index (χ2n) is 1.85. The monoisotopic (exact) mass is 190 g/mol. The molecule has 9 heavy (non-hydrogen) atoms. The minimum Gasteiger partial charge on any atom is -1.00 e. The van der Waals surface area contributed by atoms with Crippen LogP contribution >= 0.6 is 21.6 Å². The Morgan fingerprint density at radius 3 is 2.11 bits per heavy atom. The van der Waals surface area contributed by atoms with E-state index in [9.17, 15) is 0 Å². The number of rotatable bonds is 4. The second kappa shape index (κ2) is 16.0. The van der Waals surface area contributed by atoms with Crippen molar-refractivity contribution in [3.63, 3.8) is 0 Å². The molecule has 0 amide bonds. The summed E-state index contributed by atoms with van der Waals surface area (Å²) in [5, 5.41) is 0. The summed E-state index contributed by atoms with van der Waals surface area (Å²) in [4.78, 5) is 0. The molecular formula is C6H17Cl2P. The highest BCUT2D eigenvalue weighted by molar-refractivity contribution is 7.16. The van der Waals surface area contributed by atoms with Crippen molar-refractivity contribution in [3.05, 3.63) is 0 Å². The first-order valence-electron chi connectivity index (χ1n) is 3.12. The predicted molar refractivity (Wildman–Crippen MR) is 47.1 cm³/mol. The van der Waals surface area contributed by atoms with Gasteiger partial charge in [0.1, 0.15) is 0 Å². The summed E-state index contributed by atoms with van der Waals surface area (Å²) in [6, 6.07) is 0. The van der Waals surface area contributed by atoms with E-state index in [0.29, 0.717) is 0 Å². The highest BCUT2D eigenvalue weighted by Crippen LogP contribution is 2.00. The minimum absolute atomic E-state index is 0. The molecular weight excluding hydrogens is 174 g/mol. The van der Waals surface area contributed by atoms with Gasteiger partial charge in [0.25, 0.3) is 0 Å². The maximum Gasteiger partial charge on any atom is 1.00 e. The zero-order valence-corrected chi connectivity index (χ0v) is 8.63. The smallest absolute Gasteiger partial charge is 1.00 e. The molecule has 0 N–H and O–H groups in total. The van der Waals surface area contributed by atoms with Gasteiger partial charge in [0, 0.05) is 0 Å². The third-order valence-corrected chi connectivity index (χ3v) is 1.47. The van der Waals surface area contributed by atoms with E-state index in [1.165, 1.54) is 31.8 Å². The number of halogens is 2. The first-order chi connectivity index (χ1) is 3.41. The van der Waals surface area contributed by atoms with Crippen LogP contribution in [0.5, 0.6) is 0 Å². The summed E-state index contributed by atoms with van der Waals surface area (Å²) < 4.78 is 0. The van der Waals surface area contributed by atoms with Gasteiger partial charge in [-0.25, -0.2) is 0 Å². The number of unbranched alkanes of at least 4 members (excludes halogenated alkanes) is 3. The topological polar surface area (TPSA) is 0 Å². The van der Waals surface area contributed by atoms with Gasteiger partial charge in [0.15, 0.2) is 0 Å². The molecule has 0 saturated carbocycles. The van der Waals surface area contributed by atoms with E-state index in [1.54, 1.807) is 0 Å². The summed E-state index contributed by atoms with van der Waals surface area (Å²) in [6.07, 6.45) is 6.84. The van der Waals surface area contributed by atoms with Gasteiger partial charge in [-0.15, -0.1) is 21.6 Å². The van der Waals surface area contributed by atoms with Crippen molar-refractivity contribution in [2.24, 2.45) is 0 Å². The molecule has 0 aromatic carbocycles. The van der Waals surface area contributed by atoms with E-state index in [-0.39, 0.29) is 26.2 Å². The van der Waals surface area contributed by atoms with Gasteiger partial charge in [0.2, 0.25) is 0 Å². The van der Waals surface area contributed by atoms with Crippen LogP contribution in [0.1, 0.15) is 34.0 Å². The molecule has 0 aromatic rings. The highest BCUT2D eigenvalue weighted by atomic mass is 35.5. The third kappa shape index (κ3) is 17.6. The standard InChI is InChI=1S/C6H15P.2ClH/c1-2-3-4-5-6-7;;/h2-7H2,1H3;2*1H. The molecule has 0 aliphatic heterocycles. The Morgan fingerprint density at radius 2 is 1.78 bits per heavy atom. The summed E-state index contributed by atoms with van der Waals surface area (Å²) in [5.74, 6) is 0. The van der Waals surface area contributed by atoms with Crippen molar-refractivity contribution in [1.82, 2.24) is 0 Å². The molecule has 0 heterocycles. The Balaban J connectivity index is -0.0000000600. The van der Waals surface area contributed by atoms with Crippen LogP contribution in [0.25, 0.3) is 0 Å². The van der Waals surface area contributed by atoms with Gasteiger partial charge in [0.05, 0.1) is 0 Å². The van der Waals surface area contributed by atoms with Crippen LogP contribution < -0.4 is 12.4 Å². The van der Waals surface area contributed by atoms with Crippen LogP contribution in [0, 0.1) is 0 Å². The fraction of sp³-hybridized carbons (Fsp3) is 1.00. The summed E-state index contributed by atoms with van der Waals surface area (Å²) >= 11 is 0. The first-order valence-corrected chi connectivity index (χ1v) is 3.93. The van der Waals surface area contributed by atoms with Crippen LogP contribution in [0.4, 0.5) is 0 Å². The molecule has 1 unspecified atom stereocenters. The summed E-state index contributed by atoms with van der Waals surface area (Å²) in [7, 11) is 2.75. The van der Waals surface area contributed by atoms with Crippen LogP contribution in [-0.4, -0.2) is 6.16 Å². The van der Waals surface area contributed by atoms with E-state index in [4.69, 9.17) is 0 Å². The number of hydrogen-bond donors (Lipinski definition) is 0. The molecule has 1 atom stereocenters. The second-order valence-corrected chi connectivity index (χ2v) is 2.43. The molecule has 0 aliphatic rings. The van der Waals surface area contributed by atoms with E-state index in [1.807, 2.05) is 0 Å². The fourth-order valence-corrected chi connectivity index (χ4v) is 0.860. The lowest BCUT2D eigenvalue weighted by Crippen LogP contribution is -3.00. The van der Waals surface area contributed by atoms with Crippen LogP contribution in [-0.2, 0) is 0 Å². The maximum atomic E-state index is 2.75. The Morgan fingerprint density at radius 1 is 1.22 bits per heavy atom. The lowest BCUT2D eigenvalue weighted by atomic mass is 10.2. The third-order valence-electron chi connectivity index (χ3n) is 1.06. The van der Waals surface area contributed by atoms with E-state index < -0.39 is 0 Å². The molecule has 0 saturated heterocycles. The number of hydrogen-bond acceptors (Lipinski definition) is 0. The van der Waals surface area contributed by atoms with Crippen molar-refractivity contribution >= 4 is 21.6 Å². The lowest BCUT2D eigenvalue weighted by Gasteiger charge is -1.90. The fourth-order valence-electron chi connectivity index (χ4n) is 0.571. The van der Waals surface area contributed by atoms with Gasteiger partial charge in [-0.3, -0.25) is 0 Å². The zero-order chi connectivity index (χ0) is 5.54. The molecule has 0 nitrogen and oxygen atoms in total. The van der Waals surface area contributed by atoms with Gasteiger partial charge in [-0.05, 0) is 12.6 Å². The molecule has 0 spiro atoms. The lowest BCUT2D eigenvalue weighted by molar-refractivity contribution is -0.00000170. The van der Waals surface area contributed by atoms with E-state index in [2.05, 4.69) is 16.2 Å². The molecule has 0 aliphatic carbocycles. The largest absolute Gasteiger partial charge is 1.00 e. The van der Waals surface area contributed by atoms with Crippen molar-refractivity contribution < 1.29 is 13.8 Å². The van der Waals surface area contributed by atoms with Crippen molar-refractivity contribution in [2.75, 3.05) is 6.16 Å². The highest BCUT2D eigenvalue weighted by Gasteiger charge is 1.80. The minimum atomic E-state index is 0. The van der Waals surface area contributed by atoms with E-state index in [0.717, 1.165) is 0 Å². The molecule has 0 bridgehead atoms. The van der Waals surface area contributed by atoms with Crippen LogP contribution in [0.2, 0.25) is 0 Å². The molecule has 0 fully saturated rings. The van der Waals surface area contributed by atoms with Crippen LogP contribution in [0.3, 0.4) is 0 Å². The van der Waals surface area contributed by atoms with Gasteiger partial charge in [-0.1, -0.05) is 26.2 Å². The van der Waals surface area contributed by atoms with Gasteiger partial charge in [-0.2, -0.15) is 0 Å². The predicted octanol–water partition coefficient (Wildman–Crippen LogP) is -0.0199. The summed E-state index contributed by atoms with van der Waals surface area (Å²) in [5.41, 5.74) is 0. The summed E-state index contributed by atoms with van der Waals surface area (Å²) in [6.45, 7) is 2.24. The molecule has 0 rings (SSSR count).